The van der Waals surface area contributed by atoms with E-state index in [1.54, 1.807) is 0 Å². The van der Waals surface area contributed by atoms with Gasteiger partial charge in [-0.15, -0.1) is 0 Å². The molecule has 1 aromatic carbocycles. The van der Waals surface area contributed by atoms with Gasteiger partial charge in [0.2, 0.25) is 0 Å². The van der Waals surface area contributed by atoms with Crippen LogP contribution in [-0.2, 0) is 6.54 Å². The van der Waals surface area contributed by atoms with Crippen molar-refractivity contribution in [1.82, 2.24) is 5.32 Å². The highest BCUT2D eigenvalue weighted by Crippen LogP contribution is 2.26. The van der Waals surface area contributed by atoms with Crippen LogP contribution >= 0.6 is 11.6 Å². The molecule has 2 nitrogen and oxygen atoms in total. The second kappa shape index (κ2) is 5.94. The third-order valence-electron chi connectivity index (χ3n) is 3.85. The van der Waals surface area contributed by atoms with Gasteiger partial charge in [0.05, 0.1) is 0 Å². The van der Waals surface area contributed by atoms with Crippen LogP contribution in [0.15, 0.2) is 18.2 Å². The largest absolute Gasteiger partial charge is 0.372 e. The van der Waals surface area contributed by atoms with Gasteiger partial charge >= 0.3 is 0 Å². The molecule has 0 radical (unpaired) electrons. The van der Waals surface area contributed by atoms with Crippen molar-refractivity contribution in [3.8, 4) is 0 Å². The predicted octanol–water partition coefficient (Wildman–Crippen LogP) is 3.83. The zero-order valence-electron chi connectivity index (χ0n) is 11.5. The van der Waals surface area contributed by atoms with Crippen LogP contribution in [0.25, 0.3) is 0 Å². The van der Waals surface area contributed by atoms with E-state index in [0.717, 1.165) is 24.0 Å². The molecule has 0 heterocycles. The smallest absolute Gasteiger partial charge is 0.0471 e. The second-order valence-corrected chi connectivity index (χ2v) is 5.71. The van der Waals surface area contributed by atoms with Gasteiger partial charge in [0.15, 0.2) is 0 Å². The van der Waals surface area contributed by atoms with Gasteiger partial charge in [-0.3, -0.25) is 0 Å². The Morgan fingerprint density at radius 1 is 1.44 bits per heavy atom. The summed E-state index contributed by atoms with van der Waals surface area (Å²) in [4.78, 5) is 2.28. The van der Waals surface area contributed by atoms with Gasteiger partial charge in [-0.05, 0) is 43.9 Å². The molecule has 1 aliphatic rings. The number of hydrogen-bond acceptors (Lipinski definition) is 2. The second-order valence-electron chi connectivity index (χ2n) is 5.30. The molecular formula is C15H23ClN2. The van der Waals surface area contributed by atoms with Gasteiger partial charge in [-0.1, -0.05) is 24.6 Å². The fraction of sp³-hybridized carbons (Fsp3) is 0.600. The van der Waals surface area contributed by atoms with Crippen LogP contribution in [0.2, 0.25) is 5.02 Å². The Labute approximate surface area is 115 Å². The zero-order valence-corrected chi connectivity index (χ0v) is 12.3. The van der Waals surface area contributed by atoms with E-state index in [1.807, 2.05) is 0 Å². The van der Waals surface area contributed by atoms with Crippen molar-refractivity contribution in [2.45, 2.75) is 51.7 Å². The van der Waals surface area contributed by atoms with Crippen LogP contribution in [-0.4, -0.2) is 19.1 Å². The first kappa shape index (κ1) is 13.7. The Hall–Kier alpha value is -0.730. The van der Waals surface area contributed by atoms with Gasteiger partial charge < -0.3 is 10.2 Å². The minimum Gasteiger partial charge on any atom is -0.372 e. The molecule has 1 fully saturated rings. The van der Waals surface area contributed by atoms with Crippen molar-refractivity contribution in [3.05, 3.63) is 28.8 Å². The molecule has 0 spiro atoms. The highest BCUT2D eigenvalue weighted by Gasteiger charge is 2.20. The van der Waals surface area contributed by atoms with Crippen molar-refractivity contribution in [2.24, 2.45) is 0 Å². The first-order valence-electron chi connectivity index (χ1n) is 6.86. The van der Waals surface area contributed by atoms with Crippen LogP contribution in [0, 0.1) is 0 Å². The molecule has 0 aliphatic heterocycles. The molecule has 1 unspecified atom stereocenters. The minimum absolute atomic E-state index is 0.538. The highest BCUT2D eigenvalue weighted by molar-refractivity contribution is 6.31. The number of anilines is 1. The summed E-state index contributed by atoms with van der Waals surface area (Å²) in [6.07, 6.45) is 3.76. The van der Waals surface area contributed by atoms with E-state index < -0.39 is 0 Å². The molecule has 1 aromatic rings. The maximum atomic E-state index is 6.36. The summed E-state index contributed by atoms with van der Waals surface area (Å²) in [6, 6.07) is 7.66. The SMILES string of the molecule is CCC(C)N(C)c1ccc(CNC2CC2)c(Cl)c1. The summed E-state index contributed by atoms with van der Waals surface area (Å²) < 4.78 is 0. The average Bonchev–Trinajstić information content (AvgIpc) is 3.19. The number of halogens is 1. The Bertz CT molecular complexity index is 401. The van der Waals surface area contributed by atoms with E-state index in [4.69, 9.17) is 11.6 Å². The van der Waals surface area contributed by atoms with Gasteiger partial charge in [0, 0.05) is 36.4 Å². The number of hydrogen-bond donors (Lipinski definition) is 1. The molecular weight excluding hydrogens is 244 g/mol. The maximum Gasteiger partial charge on any atom is 0.0471 e. The van der Waals surface area contributed by atoms with Crippen LogP contribution in [0.4, 0.5) is 5.69 Å². The normalized spacial score (nSPS) is 16.7. The molecule has 2 rings (SSSR count). The Kier molecular flexibility index (Phi) is 4.52. The lowest BCUT2D eigenvalue weighted by atomic mass is 10.1. The number of nitrogens with one attached hydrogen (secondary N) is 1. The Morgan fingerprint density at radius 2 is 2.17 bits per heavy atom. The van der Waals surface area contributed by atoms with Crippen molar-refractivity contribution in [2.75, 3.05) is 11.9 Å². The van der Waals surface area contributed by atoms with Crippen molar-refractivity contribution in [1.29, 1.82) is 0 Å². The van der Waals surface area contributed by atoms with E-state index in [0.29, 0.717) is 6.04 Å². The lowest BCUT2D eigenvalue weighted by molar-refractivity contribution is 0.663. The molecule has 0 aromatic heterocycles. The zero-order chi connectivity index (χ0) is 13.1. The maximum absolute atomic E-state index is 6.36. The highest BCUT2D eigenvalue weighted by atomic mass is 35.5. The van der Waals surface area contributed by atoms with Crippen LogP contribution < -0.4 is 10.2 Å². The molecule has 1 N–H and O–H groups in total. The van der Waals surface area contributed by atoms with Gasteiger partial charge in [-0.25, -0.2) is 0 Å². The predicted molar refractivity (Wildman–Crippen MR) is 79.5 cm³/mol. The Morgan fingerprint density at radius 3 is 2.72 bits per heavy atom. The lowest BCUT2D eigenvalue weighted by Crippen LogP contribution is -2.28. The topological polar surface area (TPSA) is 15.3 Å². The van der Waals surface area contributed by atoms with Crippen molar-refractivity contribution in [3.63, 3.8) is 0 Å². The molecule has 0 saturated heterocycles. The average molecular weight is 267 g/mol. The molecule has 18 heavy (non-hydrogen) atoms. The van der Waals surface area contributed by atoms with Crippen LogP contribution in [0.3, 0.4) is 0 Å². The summed E-state index contributed by atoms with van der Waals surface area (Å²) >= 11 is 6.36. The van der Waals surface area contributed by atoms with E-state index in [2.05, 4.69) is 49.3 Å². The number of rotatable bonds is 6. The molecule has 3 heteroatoms. The molecule has 100 valence electrons. The minimum atomic E-state index is 0.538. The van der Waals surface area contributed by atoms with Crippen molar-refractivity contribution >= 4 is 17.3 Å². The molecule has 1 saturated carbocycles. The number of nitrogens with zero attached hydrogens (tertiary/aromatic N) is 1. The van der Waals surface area contributed by atoms with Gasteiger partial charge in [-0.2, -0.15) is 0 Å². The van der Waals surface area contributed by atoms with Gasteiger partial charge in [0.25, 0.3) is 0 Å². The lowest BCUT2D eigenvalue weighted by Gasteiger charge is -2.26. The fourth-order valence-electron chi connectivity index (χ4n) is 1.97. The summed E-state index contributed by atoms with van der Waals surface area (Å²) in [5, 5.41) is 4.37. The number of benzene rings is 1. The third-order valence-corrected chi connectivity index (χ3v) is 4.21. The standard InChI is InChI=1S/C15H23ClN2/c1-4-11(2)18(3)14-8-5-12(15(16)9-14)10-17-13-6-7-13/h5,8-9,11,13,17H,4,6-7,10H2,1-3H3. The van der Waals surface area contributed by atoms with E-state index in [9.17, 15) is 0 Å². The Balaban J connectivity index is 2.03. The molecule has 0 amide bonds. The summed E-state index contributed by atoms with van der Waals surface area (Å²) in [7, 11) is 2.13. The molecule has 1 atom stereocenters. The van der Waals surface area contributed by atoms with Crippen LogP contribution in [0.1, 0.15) is 38.7 Å². The first-order chi connectivity index (χ1) is 8.61. The quantitative estimate of drug-likeness (QED) is 0.842. The first-order valence-corrected chi connectivity index (χ1v) is 7.24. The summed E-state index contributed by atoms with van der Waals surface area (Å²) in [6.45, 7) is 5.32. The third kappa shape index (κ3) is 3.39. The molecule has 1 aliphatic carbocycles. The van der Waals surface area contributed by atoms with Crippen molar-refractivity contribution < 1.29 is 0 Å². The van der Waals surface area contributed by atoms with E-state index in [1.165, 1.54) is 24.1 Å². The molecule has 0 bridgehead atoms. The van der Waals surface area contributed by atoms with Gasteiger partial charge in [0.1, 0.15) is 0 Å². The fourth-order valence-corrected chi connectivity index (χ4v) is 2.21. The van der Waals surface area contributed by atoms with E-state index in [-0.39, 0.29) is 0 Å². The monoisotopic (exact) mass is 266 g/mol. The van der Waals surface area contributed by atoms with Crippen LogP contribution in [0.5, 0.6) is 0 Å². The van der Waals surface area contributed by atoms with E-state index >= 15 is 0 Å². The summed E-state index contributed by atoms with van der Waals surface area (Å²) in [5.74, 6) is 0. The summed E-state index contributed by atoms with van der Waals surface area (Å²) in [5.41, 5.74) is 2.40.